The van der Waals surface area contributed by atoms with Crippen molar-refractivity contribution in [3.05, 3.63) is 82.2 Å². The number of nitrogens with one attached hydrogen (secondary N) is 1. The summed E-state index contributed by atoms with van der Waals surface area (Å²) in [5.41, 5.74) is 1.86. The largest absolute Gasteiger partial charge is 0.471 e. The summed E-state index contributed by atoms with van der Waals surface area (Å²) in [4.78, 5) is 22.4. The van der Waals surface area contributed by atoms with Crippen LogP contribution in [0.2, 0.25) is 0 Å². The maximum absolute atomic E-state index is 12.3. The number of carbonyl (C=O) groups is 1. The molecule has 8 heteroatoms. The Labute approximate surface area is 161 Å². The van der Waals surface area contributed by atoms with Gasteiger partial charge in [-0.05, 0) is 41.8 Å². The Hall–Kier alpha value is -3.68. The quantitative estimate of drug-likeness (QED) is 0.489. The zero-order chi connectivity index (χ0) is 20.1. The van der Waals surface area contributed by atoms with Gasteiger partial charge in [0.1, 0.15) is 5.75 Å². The Kier molecular flexibility index (Phi) is 5.69. The second-order valence-electron chi connectivity index (χ2n) is 6.50. The van der Waals surface area contributed by atoms with E-state index in [9.17, 15) is 14.9 Å². The van der Waals surface area contributed by atoms with Gasteiger partial charge in [0.15, 0.2) is 12.4 Å². The Morgan fingerprint density at radius 3 is 2.43 bits per heavy atom. The summed E-state index contributed by atoms with van der Waals surface area (Å²) in [6, 6.07) is 15.0. The molecule has 28 heavy (non-hydrogen) atoms. The summed E-state index contributed by atoms with van der Waals surface area (Å²) in [6.07, 6.45) is 1.65. The number of ether oxygens (including phenoxy) is 1. The van der Waals surface area contributed by atoms with Crippen LogP contribution in [0.4, 0.5) is 11.4 Å². The van der Waals surface area contributed by atoms with Gasteiger partial charge >= 0.3 is 0 Å². The van der Waals surface area contributed by atoms with Crippen molar-refractivity contribution in [3.63, 3.8) is 0 Å². The highest BCUT2D eigenvalue weighted by atomic mass is 16.6. The van der Waals surface area contributed by atoms with E-state index in [0.29, 0.717) is 11.6 Å². The van der Waals surface area contributed by atoms with E-state index >= 15 is 0 Å². The van der Waals surface area contributed by atoms with E-state index in [1.807, 2.05) is 24.3 Å². The lowest BCUT2D eigenvalue weighted by Crippen LogP contribution is -2.14. The minimum atomic E-state index is -0.496. The highest BCUT2D eigenvalue weighted by Crippen LogP contribution is 2.19. The molecule has 1 N–H and O–H groups in total. The van der Waals surface area contributed by atoms with Crippen LogP contribution in [0.25, 0.3) is 0 Å². The number of anilines is 1. The number of hydrogen-bond donors (Lipinski definition) is 1. The number of benzene rings is 2. The summed E-state index contributed by atoms with van der Waals surface area (Å²) >= 11 is 0. The first kappa shape index (κ1) is 19.1. The van der Waals surface area contributed by atoms with Crippen LogP contribution in [0, 0.1) is 10.1 Å². The molecule has 0 saturated carbocycles. The molecule has 0 aliphatic rings. The molecule has 0 saturated heterocycles. The third-order valence-corrected chi connectivity index (χ3v) is 4.12. The molecule has 0 radical (unpaired) electrons. The van der Waals surface area contributed by atoms with E-state index in [4.69, 9.17) is 4.74 Å². The summed E-state index contributed by atoms with van der Waals surface area (Å²) in [5.74, 6) is 0.766. The average molecular weight is 380 g/mol. The van der Waals surface area contributed by atoms with Gasteiger partial charge in [-0.3, -0.25) is 14.9 Å². The topological polar surface area (TPSA) is 99.3 Å². The number of amides is 1. The number of nitro benzene ring substituents is 1. The summed E-state index contributed by atoms with van der Waals surface area (Å²) < 4.78 is 7.19. The predicted octanol–water partition coefficient (Wildman–Crippen LogP) is 4.20. The fourth-order valence-corrected chi connectivity index (χ4v) is 2.51. The molecule has 0 spiro atoms. The highest BCUT2D eigenvalue weighted by molar-refractivity contribution is 6.02. The van der Waals surface area contributed by atoms with Crippen molar-refractivity contribution >= 4 is 17.3 Å². The molecule has 0 atom stereocenters. The van der Waals surface area contributed by atoms with Crippen LogP contribution >= 0.6 is 0 Å². The Bertz CT molecular complexity index is 963. The molecule has 3 rings (SSSR count). The number of nitrogens with zero attached hydrogens (tertiary/aromatic N) is 3. The van der Waals surface area contributed by atoms with Crippen molar-refractivity contribution in [1.82, 2.24) is 9.78 Å². The number of hydrogen-bond acceptors (Lipinski definition) is 5. The predicted molar refractivity (Wildman–Crippen MR) is 104 cm³/mol. The van der Waals surface area contributed by atoms with Crippen LogP contribution in [0.5, 0.6) is 5.75 Å². The summed E-state index contributed by atoms with van der Waals surface area (Å²) in [7, 11) is 0. The molecule has 0 aliphatic heterocycles. The van der Waals surface area contributed by atoms with Gasteiger partial charge in [-0.25, -0.2) is 4.68 Å². The van der Waals surface area contributed by atoms with Crippen LogP contribution < -0.4 is 10.1 Å². The minimum Gasteiger partial charge on any atom is -0.471 e. The number of non-ortho nitro benzene ring substituents is 1. The first-order chi connectivity index (χ1) is 13.4. The van der Waals surface area contributed by atoms with Crippen molar-refractivity contribution in [2.24, 2.45) is 0 Å². The molecule has 8 nitrogen and oxygen atoms in total. The van der Waals surface area contributed by atoms with Crippen LogP contribution in [0.15, 0.2) is 60.8 Å². The van der Waals surface area contributed by atoms with Gasteiger partial charge in [0.2, 0.25) is 0 Å². The summed E-state index contributed by atoms with van der Waals surface area (Å²) in [5, 5.41) is 17.5. The number of nitro groups is 1. The first-order valence-corrected chi connectivity index (χ1v) is 8.74. The molecule has 0 bridgehead atoms. The second kappa shape index (κ2) is 8.34. The van der Waals surface area contributed by atoms with Gasteiger partial charge < -0.3 is 10.1 Å². The molecule has 1 amide bonds. The lowest BCUT2D eigenvalue weighted by molar-refractivity contribution is -0.384. The van der Waals surface area contributed by atoms with Crippen LogP contribution in [-0.2, 0) is 6.73 Å². The van der Waals surface area contributed by atoms with E-state index in [-0.39, 0.29) is 18.1 Å². The molecule has 3 aromatic rings. The molecular formula is C20H20N4O4. The van der Waals surface area contributed by atoms with Crippen molar-refractivity contribution in [3.8, 4) is 5.75 Å². The van der Waals surface area contributed by atoms with Gasteiger partial charge in [0, 0.05) is 24.0 Å². The minimum absolute atomic E-state index is 0.0409. The Morgan fingerprint density at radius 1 is 1.14 bits per heavy atom. The van der Waals surface area contributed by atoms with Gasteiger partial charge in [-0.1, -0.05) is 26.0 Å². The zero-order valence-electron chi connectivity index (χ0n) is 15.5. The molecule has 0 fully saturated rings. The normalized spacial score (nSPS) is 10.7. The van der Waals surface area contributed by atoms with E-state index in [1.54, 1.807) is 12.3 Å². The molecule has 2 aromatic carbocycles. The van der Waals surface area contributed by atoms with E-state index in [0.717, 1.165) is 5.75 Å². The maximum Gasteiger partial charge on any atom is 0.276 e. The van der Waals surface area contributed by atoms with Crippen LogP contribution in [-0.4, -0.2) is 20.6 Å². The van der Waals surface area contributed by atoms with Crippen molar-refractivity contribution in [2.75, 3.05) is 5.32 Å². The number of aromatic nitrogens is 2. The lowest BCUT2D eigenvalue weighted by Gasteiger charge is -2.09. The fourth-order valence-electron chi connectivity index (χ4n) is 2.51. The van der Waals surface area contributed by atoms with Crippen molar-refractivity contribution in [1.29, 1.82) is 0 Å². The van der Waals surface area contributed by atoms with Crippen LogP contribution in [0.3, 0.4) is 0 Å². The monoisotopic (exact) mass is 380 g/mol. The van der Waals surface area contributed by atoms with Crippen LogP contribution in [0.1, 0.15) is 35.8 Å². The summed E-state index contributed by atoms with van der Waals surface area (Å²) in [6.45, 7) is 4.43. The maximum atomic E-state index is 12.3. The van der Waals surface area contributed by atoms with Gasteiger partial charge in [0.25, 0.3) is 11.6 Å². The van der Waals surface area contributed by atoms with Gasteiger partial charge in [0.05, 0.1) is 4.92 Å². The first-order valence-electron chi connectivity index (χ1n) is 8.74. The average Bonchev–Trinajstić information content (AvgIpc) is 3.16. The Balaban J connectivity index is 1.56. The molecular weight excluding hydrogens is 360 g/mol. The molecule has 144 valence electrons. The lowest BCUT2D eigenvalue weighted by atomic mass is 10.0. The van der Waals surface area contributed by atoms with E-state index < -0.39 is 10.8 Å². The highest BCUT2D eigenvalue weighted by Gasteiger charge is 2.11. The molecule has 1 aromatic heterocycles. The smallest absolute Gasteiger partial charge is 0.276 e. The van der Waals surface area contributed by atoms with Gasteiger partial charge in [-0.15, -0.1) is 0 Å². The van der Waals surface area contributed by atoms with E-state index in [1.165, 1.54) is 34.5 Å². The number of rotatable bonds is 7. The molecule has 0 aliphatic carbocycles. The number of carbonyl (C=O) groups excluding carboxylic acids is 1. The molecule has 1 heterocycles. The molecule has 0 unspecified atom stereocenters. The van der Waals surface area contributed by atoms with Gasteiger partial charge in [-0.2, -0.15) is 5.10 Å². The third kappa shape index (κ3) is 4.73. The van der Waals surface area contributed by atoms with E-state index in [2.05, 4.69) is 24.3 Å². The zero-order valence-corrected chi connectivity index (χ0v) is 15.5. The second-order valence-corrected chi connectivity index (χ2v) is 6.50. The van der Waals surface area contributed by atoms with Crippen molar-refractivity contribution in [2.45, 2.75) is 26.5 Å². The third-order valence-electron chi connectivity index (χ3n) is 4.12. The SMILES string of the molecule is CC(C)c1ccc(OCn2ccc(C(=O)Nc3ccc([N+](=O)[O-])cc3)n2)cc1. The fraction of sp³-hybridized carbons (Fsp3) is 0.200. The van der Waals surface area contributed by atoms with Crippen molar-refractivity contribution < 1.29 is 14.5 Å². The Morgan fingerprint density at radius 2 is 1.82 bits per heavy atom. The standard InChI is InChI=1S/C20H20N4O4/c1-14(2)15-3-9-18(10-4-15)28-13-23-12-11-19(22-23)20(25)21-16-5-7-17(8-6-16)24(26)27/h3-12,14H,13H2,1-2H3,(H,21,25).